The van der Waals surface area contributed by atoms with Crippen LogP contribution in [-0.4, -0.2) is 18.0 Å². The van der Waals surface area contributed by atoms with Gasteiger partial charge in [0.2, 0.25) is 5.91 Å². The molecule has 1 heterocycles. The van der Waals surface area contributed by atoms with Crippen molar-refractivity contribution in [3.63, 3.8) is 0 Å². The van der Waals surface area contributed by atoms with Crippen LogP contribution in [0.25, 0.3) is 0 Å². The van der Waals surface area contributed by atoms with Gasteiger partial charge in [0.1, 0.15) is 5.75 Å². The van der Waals surface area contributed by atoms with E-state index in [1.54, 1.807) is 19.5 Å². The van der Waals surface area contributed by atoms with Crippen molar-refractivity contribution in [3.8, 4) is 5.75 Å². The maximum Gasteiger partial charge on any atom is 0.221 e. The van der Waals surface area contributed by atoms with Gasteiger partial charge in [0.05, 0.1) is 13.2 Å². The zero-order valence-electron chi connectivity index (χ0n) is 14.8. The summed E-state index contributed by atoms with van der Waals surface area (Å²) in [6.45, 7) is 0. The summed E-state index contributed by atoms with van der Waals surface area (Å²) < 4.78 is 5.23. The first-order valence-corrected chi connectivity index (χ1v) is 8.63. The van der Waals surface area contributed by atoms with Crippen molar-refractivity contribution in [3.05, 3.63) is 95.8 Å². The molecule has 0 spiro atoms. The van der Waals surface area contributed by atoms with Crippen molar-refractivity contribution in [2.45, 2.75) is 18.9 Å². The summed E-state index contributed by atoms with van der Waals surface area (Å²) in [5.74, 6) is 0.807. The van der Waals surface area contributed by atoms with Crippen molar-refractivity contribution < 1.29 is 9.53 Å². The van der Waals surface area contributed by atoms with E-state index >= 15 is 0 Å². The molecule has 1 aromatic heterocycles. The molecule has 0 aliphatic heterocycles. The van der Waals surface area contributed by atoms with E-state index in [2.05, 4.69) is 10.3 Å². The molecule has 26 heavy (non-hydrogen) atoms. The average Bonchev–Trinajstić information content (AvgIpc) is 2.72. The van der Waals surface area contributed by atoms with Crippen LogP contribution in [0.15, 0.2) is 79.1 Å². The number of hydrogen-bond donors (Lipinski definition) is 1. The third kappa shape index (κ3) is 4.70. The molecule has 0 aliphatic rings. The largest absolute Gasteiger partial charge is 0.497 e. The number of methoxy groups -OCH3 is 1. The van der Waals surface area contributed by atoms with Gasteiger partial charge < -0.3 is 10.1 Å². The zero-order chi connectivity index (χ0) is 18.2. The highest BCUT2D eigenvalue weighted by Gasteiger charge is 2.16. The first-order chi connectivity index (χ1) is 12.8. The van der Waals surface area contributed by atoms with Gasteiger partial charge in [-0.25, -0.2) is 0 Å². The molecule has 4 heteroatoms. The van der Waals surface area contributed by atoms with Gasteiger partial charge in [0.15, 0.2) is 0 Å². The average molecular weight is 346 g/mol. The second-order valence-electron chi connectivity index (χ2n) is 6.05. The molecule has 3 rings (SSSR count). The number of aryl methyl sites for hydroxylation is 1. The van der Waals surface area contributed by atoms with E-state index in [9.17, 15) is 4.79 Å². The highest BCUT2D eigenvalue weighted by atomic mass is 16.5. The maximum absolute atomic E-state index is 12.5. The Bertz CT molecular complexity index is 818. The highest BCUT2D eigenvalue weighted by Crippen LogP contribution is 2.24. The van der Waals surface area contributed by atoms with Crippen LogP contribution < -0.4 is 10.1 Å². The molecule has 0 radical (unpaired) electrons. The van der Waals surface area contributed by atoms with Gasteiger partial charge in [-0.05, 0) is 41.3 Å². The first-order valence-electron chi connectivity index (χ1n) is 8.63. The van der Waals surface area contributed by atoms with Crippen LogP contribution in [0.5, 0.6) is 5.75 Å². The van der Waals surface area contributed by atoms with Gasteiger partial charge in [0.25, 0.3) is 0 Å². The first kappa shape index (κ1) is 17.7. The summed E-state index contributed by atoms with van der Waals surface area (Å²) in [5.41, 5.74) is 3.13. The van der Waals surface area contributed by atoms with Gasteiger partial charge in [-0.2, -0.15) is 0 Å². The Balaban J connectivity index is 1.74. The molecule has 0 fully saturated rings. The normalized spacial score (nSPS) is 11.6. The number of pyridine rings is 1. The molecule has 4 nitrogen and oxygen atoms in total. The van der Waals surface area contributed by atoms with E-state index in [1.807, 2.05) is 66.7 Å². The minimum absolute atomic E-state index is 0.0125. The molecule has 0 aliphatic carbocycles. The third-order valence-electron chi connectivity index (χ3n) is 4.25. The summed E-state index contributed by atoms with van der Waals surface area (Å²) >= 11 is 0. The van der Waals surface area contributed by atoms with Gasteiger partial charge in [-0.15, -0.1) is 0 Å². The fourth-order valence-electron chi connectivity index (χ4n) is 2.84. The summed E-state index contributed by atoms with van der Waals surface area (Å²) in [7, 11) is 1.64. The minimum Gasteiger partial charge on any atom is -0.497 e. The number of ether oxygens (including phenoxy) is 1. The smallest absolute Gasteiger partial charge is 0.221 e. The molecule has 1 amide bonds. The number of nitrogens with one attached hydrogen (secondary N) is 1. The lowest BCUT2D eigenvalue weighted by molar-refractivity contribution is -0.121. The van der Waals surface area contributed by atoms with Gasteiger partial charge in [-0.3, -0.25) is 9.78 Å². The van der Waals surface area contributed by atoms with E-state index in [1.165, 1.54) is 0 Å². The van der Waals surface area contributed by atoms with Gasteiger partial charge in [-0.1, -0.05) is 48.5 Å². The van der Waals surface area contributed by atoms with Gasteiger partial charge in [0, 0.05) is 18.8 Å². The second kappa shape index (κ2) is 8.81. The highest BCUT2D eigenvalue weighted by molar-refractivity contribution is 5.77. The molecular formula is C22H22N2O2. The second-order valence-corrected chi connectivity index (χ2v) is 6.05. The molecule has 1 N–H and O–H groups in total. The van der Waals surface area contributed by atoms with E-state index in [0.29, 0.717) is 12.8 Å². The summed E-state index contributed by atoms with van der Waals surface area (Å²) in [6, 6.07) is 21.4. The topological polar surface area (TPSA) is 51.2 Å². The van der Waals surface area contributed by atoms with Crippen molar-refractivity contribution in [2.75, 3.05) is 7.11 Å². The monoisotopic (exact) mass is 346 g/mol. The molecule has 3 aromatic rings. The van der Waals surface area contributed by atoms with Crippen molar-refractivity contribution in [2.24, 2.45) is 0 Å². The Kier molecular flexibility index (Phi) is 5.99. The summed E-state index contributed by atoms with van der Waals surface area (Å²) in [6.07, 6.45) is 4.62. The molecule has 0 bridgehead atoms. The quantitative estimate of drug-likeness (QED) is 0.705. The lowest BCUT2D eigenvalue weighted by Gasteiger charge is -2.20. The number of hydrogen-bond acceptors (Lipinski definition) is 3. The van der Waals surface area contributed by atoms with Crippen LogP contribution in [0, 0.1) is 0 Å². The van der Waals surface area contributed by atoms with E-state index in [4.69, 9.17) is 4.74 Å². The van der Waals surface area contributed by atoms with E-state index in [-0.39, 0.29) is 11.9 Å². The Labute approximate surface area is 153 Å². The van der Waals surface area contributed by atoms with Crippen LogP contribution in [0.2, 0.25) is 0 Å². The van der Waals surface area contributed by atoms with Crippen LogP contribution >= 0.6 is 0 Å². The summed E-state index contributed by atoms with van der Waals surface area (Å²) in [4.78, 5) is 16.6. The fraction of sp³-hybridized carbons (Fsp3) is 0.182. The Morgan fingerprint density at radius 2 is 1.73 bits per heavy atom. The number of carbonyl (C=O) groups is 1. The predicted octanol–water partition coefficient (Wildman–Crippen LogP) is 3.93. The Morgan fingerprint density at radius 3 is 2.38 bits per heavy atom. The lowest BCUT2D eigenvalue weighted by atomic mass is 9.98. The molecule has 132 valence electrons. The van der Waals surface area contributed by atoms with E-state index < -0.39 is 0 Å². The zero-order valence-corrected chi connectivity index (χ0v) is 14.8. The third-order valence-corrected chi connectivity index (χ3v) is 4.25. The molecular weight excluding hydrogens is 324 g/mol. The van der Waals surface area contributed by atoms with Crippen molar-refractivity contribution in [1.82, 2.24) is 10.3 Å². The van der Waals surface area contributed by atoms with E-state index in [0.717, 1.165) is 22.4 Å². The van der Waals surface area contributed by atoms with Crippen LogP contribution in [0.3, 0.4) is 0 Å². The van der Waals surface area contributed by atoms with Crippen molar-refractivity contribution >= 4 is 5.91 Å². The number of nitrogens with zero attached hydrogens (tertiary/aromatic N) is 1. The number of benzene rings is 2. The number of rotatable bonds is 7. The summed E-state index contributed by atoms with van der Waals surface area (Å²) in [5, 5.41) is 3.16. The molecule has 1 unspecified atom stereocenters. The standard InChI is InChI=1S/C22H22N2O2/c1-26-20-12-10-19(11-13-20)22(18-7-3-2-4-8-18)24-21(25)14-9-17-6-5-15-23-16-17/h2-8,10-13,15-16,22H,9,14H2,1H3,(H,24,25). The number of carbonyl (C=O) groups excluding carboxylic acids is 1. The minimum atomic E-state index is -0.191. The SMILES string of the molecule is COc1ccc(C(NC(=O)CCc2cccnc2)c2ccccc2)cc1. The fourth-order valence-corrected chi connectivity index (χ4v) is 2.84. The predicted molar refractivity (Wildman–Crippen MR) is 102 cm³/mol. The Morgan fingerprint density at radius 1 is 1.00 bits per heavy atom. The molecule has 1 atom stereocenters. The molecule has 2 aromatic carbocycles. The maximum atomic E-state index is 12.5. The van der Waals surface area contributed by atoms with Crippen LogP contribution in [-0.2, 0) is 11.2 Å². The lowest BCUT2D eigenvalue weighted by Crippen LogP contribution is -2.29. The Hall–Kier alpha value is -3.14. The number of amides is 1. The number of aromatic nitrogens is 1. The van der Waals surface area contributed by atoms with Crippen LogP contribution in [0.4, 0.5) is 0 Å². The molecule has 0 saturated heterocycles. The van der Waals surface area contributed by atoms with Gasteiger partial charge >= 0.3 is 0 Å². The van der Waals surface area contributed by atoms with Crippen molar-refractivity contribution in [1.29, 1.82) is 0 Å². The van der Waals surface area contributed by atoms with Crippen LogP contribution in [0.1, 0.15) is 29.2 Å². The molecule has 0 saturated carbocycles.